The molecule has 6 heteroatoms. The third kappa shape index (κ3) is 6.61. The van der Waals surface area contributed by atoms with Crippen molar-refractivity contribution in [1.29, 1.82) is 0 Å². The van der Waals surface area contributed by atoms with Crippen LogP contribution >= 0.6 is 0 Å². The van der Waals surface area contributed by atoms with Gasteiger partial charge in [-0.05, 0) is 52.3 Å². The quantitative estimate of drug-likeness (QED) is 0.211. The molecular weight excluding hydrogens is 525 g/mol. The van der Waals surface area contributed by atoms with Crippen LogP contribution in [0.4, 0.5) is 8.78 Å². The molecule has 0 saturated heterocycles. The van der Waals surface area contributed by atoms with Crippen molar-refractivity contribution in [2.75, 3.05) is 0 Å². The predicted molar refractivity (Wildman–Crippen MR) is 166 cm³/mol. The van der Waals surface area contributed by atoms with Gasteiger partial charge in [0, 0.05) is 12.4 Å². The van der Waals surface area contributed by atoms with Gasteiger partial charge in [-0.2, -0.15) is 0 Å². The van der Waals surface area contributed by atoms with E-state index in [0.29, 0.717) is 0 Å². The number of halogens is 2. The number of nitrogens with zero attached hydrogens (tertiary/aromatic N) is 2. The van der Waals surface area contributed by atoms with Crippen LogP contribution in [0.5, 0.6) is 0 Å². The van der Waals surface area contributed by atoms with E-state index in [1.807, 2.05) is 85.1 Å². The number of benzene rings is 5. The third-order valence-corrected chi connectivity index (χ3v) is 9.78. The Morgan fingerprint density at radius 2 is 1.05 bits per heavy atom. The van der Waals surface area contributed by atoms with E-state index in [-0.39, 0.29) is 17.5 Å². The maximum absolute atomic E-state index is 13.6. The highest BCUT2D eigenvalue weighted by molar-refractivity contribution is 6.57. The van der Waals surface area contributed by atoms with Crippen LogP contribution in [-0.4, -0.2) is 26.9 Å². The fourth-order valence-electron chi connectivity index (χ4n) is 5.10. The molecule has 0 saturated carbocycles. The smallest absolute Gasteiger partial charge is 0.123 e. The van der Waals surface area contributed by atoms with Gasteiger partial charge in [0.2, 0.25) is 0 Å². The molecule has 6 rings (SSSR count). The van der Waals surface area contributed by atoms with Crippen molar-refractivity contribution >= 4 is 22.6 Å². The minimum Gasteiger partial charge on any atom is -0.326 e. The topological polar surface area (TPSA) is 17.8 Å². The first-order chi connectivity index (χ1) is 20.1. The molecule has 1 heterocycles. The predicted octanol–water partition coefficient (Wildman–Crippen LogP) is 6.35. The Bertz CT molecular complexity index is 1530. The highest BCUT2D eigenvalue weighted by Gasteiger charge is 2.36. The molecule has 0 aliphatic carbocycles. The van der Waals surface area contributed by atoms with E-state index in [1.165, 1.54) is 29.5 Å². The molecule has 6 aromatic rings. The molecule has 0 aliphatic rings. The summed E-state index contributed by atoms with van der Waals surface area (Å²) < 4.78 is 29.3. The van der Waals surface area contributed by atoms with Crippen LogP contribution in [0.3, 0.4) is 0 Å². The fourth-order valence-corrected chi connectivity index (χ4v) is 7.45. The lowest BCUT2D eigenvalue weighted by molar-refractivity contribution is 0.584. The SMILES string of the molecule is Fc1ccc(C([SiH2]c2ccccc2)(c2ccc(F)cc2)n2ccnc2)cc1.[B]C(c1ccccc1)c1ccccc1. The Hall–Kier alpha value is -4.55. The number of hydrogen-bond donors (Lipinski definition) is 0. The van der Waals surface area contributed by atoms with E-state index in [9.17, 15) is 8.78 Å². The van der Waals surface area contributed by atoms with Crippen molar-refractivity contribution in [3.05, 3.63) is 192 Å². The van der Waals surface area contributed by atoms with E-state index in [1.54, 1.807) is 12.5 Å². The molecule has 0 amide bonds. The largest absolute Gasteiger partial charge is 0.326 e. The van der Waals surface area contributed by atoms with Gasteiger partial charge in [0.15, 0.2) is 0 Å². The molecule has 0 spiro atoms. The molecule has 0 aliphatic heterocycles. The molecule has 0 unspecified atom stereocenters. The molecule has 2 radical (unpaired) electrons. The van der Waals surface area contributed by atoms with Gasteiger partial charge < -0.3 is 4.57 Å². The van der Waals surface area contributed by atoms with Gasteiger partial charge in [-0.25, -0.2) is 13.8 Å². The Morgan fingerprint density at radius 1 is 0.610 bits per heavy atom. The summed E-state index contributed by atoms with van der Waals surface area (Å²) in [6.45, 7) is 0. The molecule has 0 fully saturated rings. The molecule has 200 valence electrons. The van der Waals surface area contributed by atoms with Crippen LogP contribution in [0, 0.1) is 11.6 Å². The lowest BCUT2D eigenvalue weighted by atomic mass is 9.76. The second kappa shape index (κ2) is 13.2. The summed E-state index contributed by atoms with van der Waals surface area (Å²) in [6.07, 6.45) is 5.44. The first kappa shape index (κ1) is 28.0. The number of hydrogen-bond acceptors (Lipinski definition) is 1. The maximum atomic E-state index is 13.6. The minimum atomic E-state index is -1.02. The normalized spacial score (nSPS) is 11.4. The molecule has 0 N–H and O–H groups in total. The maximum Gasteiger partial charge on any atom is 0.123 e. The van der Waals surface area contributed by atoms with Crippen molar-refractivity contribution in [2.45, 2.75) is 11.0 Å². The average Bonchev–Trinajstić information content (AvgIpc) is 3.58. The fraction of sp³-hybridized carbons (Fsp3) is 0.0571. The number of imidazole rings is 1. The van der Waals surface area contributed by atoms with Crippen molar-refractivity contribution < 1.29 is 8.78 Å². The summed E-state index contributed by atoms with van der Waals surface area (Å²) >= 11 is 0. The van der Waals surface area contributed by atoms with Gasteiger partial charge in [-0.1, -0.05) is 120 Å². The minimum absolute atomic E-state index is 0.0163. The summed E-state index contributed by atoms with van der Waals surface area (Å²) in [5.41, 5.74) is 4.23. The Labute approximate surface area is 243 Å². The van der Waals surface area contributed by atoms with Gasteiger partial charge in [-0.3, -0.25) is 0 Å². The number of rotatable bonds is 7. The van der Waals surface area contributed by atoms with Crippen LogP contribution in [0.1, 0.15) is 28.1 Å². The van der Waals surface area contributed by atoms with E-state index >= 15 is 0 Å². The van der Waals surface area contributed by atoms with Crippen molar-refractivity contribution in [3.8, 4) is 0 Å². The average molecular weight is 555 g/mol. The molecular formula is C35H29BF2N2Si. The van der Waals surface area contributed by atoms with Crippen molar-refractivity contribution in [3.63, 3.8) is 0 Å². The van der Waals surface area contributed by atoms with Gasteiger partial charge in [-0.15, -0.1) is 0 Å². The van der Waals surface area contributed by atoms with E-state index < -0.39 is 14.7 Å². The second-order valence-corrected chi connectivity index (χ2v) is 12.0. The van der Waals surface area contributed by atoms with Crippen molar-refractivity contribution in [2.24, 2.45) is 0 Å². The van der Waals surface area contributed by atoms with Crippen molar-refractivity contribution in [1.82, 2.24) is 9.55 Å². The zero-order valence-corrected chi connectivity index (χ0v) is 23.9. The van der Waals surface area contributed by atoms with Gasteiger partial charge in [0.1, 0.15) is 11.6 Å². The monoisotopic (exact) mass is 554 g/mol. The summed E-state index contributed by atoms with van der Waals surface area (Å²) in [5, 5.41) is 0.707. The summed E-state index contributed by atoms with van der Waals surface area (Å²) in [7, 11) is 5.10. The van der Waals surface area contributed by atoms with E-state index in [0.717, 1.165) is 22.3 Å². The Balaban J connectivity index is 0.000000202. The van der Waals surface area contributed by atoms with Gasteiger partial charge in [0.25, 0.3) is 0 Å². The van der Waals surface area contributed by atoms with Crippen LogP contribution in [-0.2, 0) is 5.16 Å². The molecule has 1 aromatic heterocycles. The summed E-state index contributed by atoms with van der Waals surface area (Å²) in [6, 6.07) is 43.7. The molecule has 0 atom stereocenters. The zero-order valence-electron chi connectivity index (χ0n) is 22.5. The van der Waals surface area contributed by atoms with Crippen LogP contribution in [0.25, 0.3) is 0 Å². The summed E-state index contributed by atoms with van der Waals surface area (Å²) in [5.74, 6) is -0.574. The zero-order chi connectivity index (χ0) is 28.5. The number of aromatic nitrogens is 2. The standard InChI is InChI=1S/C22H18F2N2Si.C13H11B/c23-19-10-6-17(7-11-19)22(26-15-14-25-16-26,18-8-12-20(24)13-9-18)27-21-4-2-1-3-5-21;14-13(11-7-3-1-4-8-11)12-9-5-2-6-10-12/h1-16H,27H2;1-10,13H. The highest BCUT2D eigenvalue weighted by Crippen LogP contribution is 2.33. The van der Waals surface area contributed by atoms with E-state index in [4.69, 9.17) is 7.85 Å². The lowest BCUT2D eigenvalue weighted by Gasteiger charge is -2.37. The molecule has 0 bridgehead atoms. The van der Waals surface area contributed by atoms with Gasteiger partial charge >= 0.3 is 0 Å². The van der Waals surface area contributed by atoms with Crippen LogP contribution < -0.4 is 5.19 Å². The Morgan fingerprint density at radius 3 is 1.46 bits per heavy atom. The van der Waals surface area contributed by atoms with E-state index in [2.05, 4.69) is 45.9 Å². The highest BCUT2D eigenvalue weighted by atomic mass is 28.2. The molecule has 41 heavy (non-hydrogen) atoms. The Kier molecular flexibility index (Phi) is 9.02. The molecule has 5 aromatic carbocycles. The first-order valence-corrected chi connectivity index (χ1v) is 14.9. The summed E-state index contributed by atoms with van der Waals surface area (Å²) in [4.78, 5) is 4.25. The third-order valence-electron chi connectivity index (χ3n) is 7.21. The molecule has 2 nitrogen and oxygen atoms in total. The lowest BCUT2D eigenvalue weighted by Crippen LogP contribution is -2.46. The second-order valence-electron chi connectivity index (χ2n) is 9.81. The van der Waals surface area contributed by atoms with Crippen LogP contribution in [0.15, 0.2) is 158 Å². The van der Waals surface area contributed by atoms with Gasteiger partial charge in [0.05, 0.1) is 28.9 Å². The van der Waals surface area contributed by atoms with Crippen LogP contribution in [0.2, 0.25) is 0 Å². The first-order valence-electron chi connectivity index (χ1n) is 13.5.